The van der Waals surface area contributed by atoms with Crippen LogP contribution in [0.4, 0.5) is 0 Å². The zero-order valence-corrected chi connectivity index (χ0v) is 36.9. The molecule has 4 aromatic heterocycles. The van der Waals surface area contributed by atoms with E-state index in [1.54, 1.807) is 0 Å². The molecule has 6 nitrogen and oxygen atoms in total. The van der Waals surface area contributed by atoms with Gasteiger partial charge >= 0.3 is 0 Å². The minimum Gasteiger partial charge on any atom is -0.458 e. The lowest BCUT2D eigenvalue weighted by Crippen LogP contribution is -2.28. The van der Waals surface area contributed by atoms with E-state index in [1.165, 1.54) is 38.5 Å². The highest BCUT2D eigenvalue weighted by Crippen LogP contribution is 2.39. The van der Waals surface area contributed by atoms with Crippen molar-refractivity contribution in [3.8, 4) is 56.6 Å². The number of benzene rings is 8. The van der Waals surface area contributed by atoms with Gasteiger partial charge in [-0.3, -0.25) is 13.7 Å². The Hall–Kier alpha value is -8.48. The Balaban J connectivity index is 0.929. The lowest BCUT2D eigenvalue weighted by atomic mass is 9.88. The maximum Gasteiger partial charge on any atom is 0.268 e. The lowest BCUT2D eigenvalue weighted by molar-refractivity contribution is -0.599. The molecule has 66 heavy (non-hydrogen) atoms. The topological polar surface area (TPSA) is 40.8 Å². The Morgan fingerprint density at radius 3 is 1.80 bits per heavy atom. The first kappa shape index (κ1) is 39.1. The fraction of sp³-hybridized carbons (Fsp3) is 0.0667. The van der Waals surface area contributed by atoms with Crippen molar-refractivity contribution in [1.29, 1.82) is 0 Å². The van der Waals surface area contributed by atoms with Gasteiger partial charge in [-0.15, -0.1) is 0 Å². The summed E-state index contributed by atoms with van der Waals surface area (Å²) < 4.78 is 15.5. The lowest BCUT2D eigenvalue weighted by Gasteiger charge is -2.20. The SMILES string of the molecule is CC(C)(C)c1ccnc(-n2c3ccc(-n4c5ccccc5c5ccccc54)cc3c3ccc(Oc4cccc(-n5[c-][n+](-c6cc(-c7ccccc7)cc(-c7ccccc7)c6)cc5)c4)cc32)c1. The van der Waals surface area contributed by atoms with Crippen LogP contribution in [0.15, 0.2) is 219 Å². The summed E-state index contributed by atoms with van der Waals surface area (Å²) in [5.41, 5.74) is 13.3. The number of hydrogen-bond donors (Lipinski definition) is 0. The number of fused-ring (bicyclic) bond motifs is 6. The molecule has 12 rings (SSSR count). The van der Waals surface area contributed by atoms with Crippen molar-refractivity contribution >= 4 is 43.6 Å². The molecular weight excluding hydrogens is 807 g/mol. The highest BCUT2D eigenvalue weighted by molar-refractivity contribution is 6.12. The number of para-hydroxylation sites is 2. The molecule has 316 valence electrons. The van der Waals surface area contributed by atoms with Gasteiger partial charge in [-0.1, -0.05) is 124 Å². The second-order valence-corrected chi connectivity index (χ2v) is 18.0. The first-order valence-corrected chi connectivity index (χ1v) is 22.4. The maximum atomic E-state index is 6.74. The van der Waals surface area contributed by atoms with Crippen molar-refractivity contribution in [2.24, 2.45) is 0 Å². The van der Waals surface area contributed by atoms with E-state index >= 15 is 0 Å². The third-order valence-corrected chi connectivity index (χ3v) is 12.7. The Bertz CT molecular complexity index is 3670. The van der Waals surface area contributed by atoms with Gasteiger partial charge in [0.15, 0.2) is 0 Å². The normalized spacial score (nSPS) is 11.9. The van der Waals surface area contributed by atoms with Gasteiger partial charge in [-0.2, -0.15) is 0 Å². The molecule has 0 atom stereocenters. The van der Waals surface area contributed by atoms with Crippen molar-refractivity contribution in [2.75, 3.05) is 0 Å². The van der Waals surface area contributed by atoms with E-state index in [1.807, 2.05) is 29.1 Å². The van der Waals surface area contributed by atoms with E-state index in [-0.39, 0.29) is 5.41 Å². The van der Waals surface area contributed by atoms with Crippen LogP contribution in [0.1, 0.15) is 26.3 Å². The fourth-order valence-corrected chi connectivity index (χ4v) is 9.43. The van der Waals surface area contributed by atoms with Gasteiger partial charge in [-0.25, -0.2) is 4.98 Å². The molecule has 0 bridgehead atoms. The Morgan fingerprint density at radius 2 is 1.11 bits per heavy atom. The zero-order chi connectivity index (χ0) is 44.4. The van der Waals surface area contributed by atoms with Crippen LogP contribution >= 0.6 is 0 Å². The molecule has 0 unspecified atom stereocenters. The van der Waals surface area contributed by atoms with E-state index in [2.05, 4.69) is 235 Å². The van der Waals surface area contributed by atoms with Crippen LogP contribution in [-0.4, -0.2) is 18.7 Å². The second kappa shape index (κ2) is 15.6. The van der Waals surface area contributed by atoms with E-state index in [0.717, 1.165) is 67.3 Å². The largest absolute Gasteiger partial charge is 0.458 e. The highest BCUT2D eigenvalue weighted by atomic mass is 16.5. The van der Waals surface area contributed by atoms with Crippen LogP contribution in [-0.2, 0) is 5.41 Å². The monoisotopic (exact) mass is 851 g/mol. The van der Waals surface area contributed by atoms with Gasteiger partial charge in [0.1, 0.15) is 17.3 Å². The van der Waals surface area contributed by atoms with Gasteiger partial charge in [0.25, 0.3) is 6.33 Å². The van der Waals surface area contributed by atoms with Gasteiger partial charge in [0.2, 0.25) is 0 Å². The zero-order valence-electron chi connectivity index (χ0n) is 36.9. The standard InChI is InChI=1S/C60H45N5O/c1-60(2,3)45-29-30-61-59(36-45)65-57-28-25-47(64-55-23-12-10-21-51(55)52-22-11-13-24-56(52)64)38-54(57)53-27-26-50(39-58(53)65)66-49-20-14-19-46(37-49)62-31-32-63(40-62)48-34-43(41-15-6-4-7-16-41)33-44(35-48)42-17-8-5-9-18-42/h4-39H,1-3H3. The number of pyridine rings is 1. The molecule has 12 aromatic rings. The van der Waals surface area contributed by atoms with Crippen molar-refractivity contribution in [2.45, 2.75) is 26.2 Å². The third-order valence-electron chi connectivity index (χ3n) is 12.7. The number of aromatic nitrogens is 5. The van der Waals surface area contributed by atoms with Crippen molar-refractivity contribution in [1.82, 2.24) is 18.7 Å². The highest BCUT2D eigenvalue weighted by Gasteiger charge is 2.20. The molecule has 0 N–H and O–H groups in total. The number of rotatable bonds is 8. The summed E-state index contributed by atoms with van der Waals surface area (Å²) in [6, 6.07) is 70.8. The molecule has 0 saturated heterocycles. The molecule has 0 fully saturated rings. The van der Waals surface area contributed by atoms with Crippen molar-refractivity contribution in [3.05, 3.63) is 231 Å². The minimum absolute atomic E-state index is 0.0484. The average Bonchev–Trinajstić information content (AvgIpc) is 4.08. The molecule has 8 aromatic carbocycles. The predicted molar refractivity (Wildman–Crippen MR) is 269 cm³/mol. The number of nitrogens with zero attached hydrogens (tertiary/aromatic N) is 5. The van der Waals surface area contributed by atoms with E-state index in [0.29, 0.717) is 0 Å². The summed E-state index contributed by atoms with van der Waals surface area (Å²) in [6.45, 7) is 6.73. The molecule has 0 spiro atoms. The van der Waals surface area contributed by atoms with Crippen LogP contribution in [0.25, 0.3) is 88.7 Å². The molecule has 0 aliphatic rings. The summed E-state index contributed by atoms with van der Waals surface area (Å²) in [5, 5.41) is 4.74. The second-order valence-electron chi connectivity index (χ2n) is 18.0. The smallest absolute Gasteiger partial charge is 0.268 e. The van der Waals surface area contributed by atoms with Crippen LogP contribution in [0.5, 0.6) is 11.5 Å². The molecular formula is C60H45N5O. The van der Waals surface area contributed by atoms with Crippen LogP contribution in [0, 0.1) is 6.33 Å². The summed E-state index contributed by atoms with van der Waals surface area (Å²) in [4.78, 5) is 4.98. The summed E-state index contributed by atoms with van der Waals surface area (Å²) in [7, 11) is 0. The molecule has 0 radical (unpaired) electrons. The Kier molecular flexibility index (Phi) is 9.28. The van der Waals surface area contributed by atoms with Gasteiger partial charge < -0.3 is 9.30 Å². The number of ether oxygens (including phenoxy) is 1. The van der Waals surface area contributed by atoms with Gasteiger partial charge in [-0.05, 0) is 124 Å². The first-order chi connectivity index (χ1) is 32.3. The van der Waals surface area contributed by atoms with Crippen LogP contribution in [0.3, 0.4) is 0 Å². The molecule has 0 aliphatic carbocycles. The summed E-state index contributed by atoms with van der Waals surface area (Å²) in [6.07, 6.45) is 9.59. The number of imidazole rings is 1. The molecule has 0 amide bonds. The first-order valence-electron chi connectivity index (χ1n) is 22.4. The minimum atomic E-state index is -0.0484. The van der Waals surface area contributed by atoms with E-state index < -0.39 is 0 Å². The average molecular weight is 852 g/mol. The fourth-order valence-electron chi connectivity index (χ4n) is 9.43. The molecule has 6 heteroatoms. The molecule has 0 aliphatic heterocycles. The third kappa shape index (κ3) is 6.91. The Labute approximate surface area is 383 Å². The van der Waals surface area contributed by atoms with Crippen LogP contribution < -0.4 is 9.30 Å². The van der Waals surface area contributed by atoms with Crippen molar-refractivity contribution < 1.29 is 9.30 Å². The quantitative estimate of drug-likeness (QED) is 0.113. The molecule has 4 heterocycles. The number of hydrogen-bond acceptors (Lipinski definition) is 2. The van der Waals surface area contributed by atoms with Crippen molar-refractivity contribution in [3.63, 3.8) is 0 Å². The predicted octanol–water partition coefficient (Wildman–Crippen LogP) is 14.6. The van der Waals surface area contributed by atoms with Gasteiger partial charge in [0.05, 0.1) is 33.4 Å². The summed E-state index contributed by atoms with van der Waals surface area (Å²) in [5.74, 6) is 2.32. The van der Waals surface area contributed by atoms with E-state index in [9.17, 15) is 0 Å². The van der Waals surface area contributed by atoms with E-state index in [4.69, 9.17) is 9.72 Å². The summed E-state index contributed by atoms with van der Waals surface area (Å²) >= 11 is 0. The molecule has 0 saturated carbocycles. The Morgan fingerprint density at radius 1 is 0.470 bits per heavy atom. The maximum absolute atomic E-state index is 6.74. The van der Waals surface area contributed by atoms with Gasteiger partial charge in [0, 0.05) is 51.9 Å². The van der Waals surface area contributed by atoms with Crippen LogP contribution in [0.2, 0.25) is 0 Å².